The number of amides is 2. The van der Waals surface area contributed by atoms with Gasteiger partial charge in [-0.15, -0.1) is 0 Å². The molecule has 2 aromatic rings. The first-order chi connectivity index (χ1) is 18.5. The highest BCUT2D eigenvalue weighted by Crippen LogP contribution is 2.37. The van der Waals surface area contributed by atoms with Crippen LogP contribution in [0.15, 0.2) is 53.5 Å². The molecule has 0 atom stereocenters. The lowest BCUT2D eigenvalue weighted by Crippen LogP contribution is -2.58. The summed E-state index contributed by atoms with van der Waals surface area (Å²) in [4.78, 5) is 36.4. The van der Waals surface area contributed by atoms with Gasteiger partial charge < -0.3 is 14.5 Å². The number of hydrogen-bond donors (Lipinski definition) is 0. The number of hydrogen-bond acceptors (Lipinski definition) is 5. The number of carbonyl (C=O) groups is 2. The van der Waals surface area contributed by atoms with Gasteiger partial charge in [-0.25, -0.2) is 0 Å². The summed E-state index contributed by atoms with van der Waals surface area (Å²) in [6.07, 6.45) is 5.70. The summed E-state index contributed by atoms with van der Waals surface area (Å²) in [5, 5.41) is 0. The van der Waals surface area contributed by atoms with Crippen molar-refractivity contribution in [3.8, 4) is 5.75 Å². The molecule has 0 saturated carbocycles. The van der Waals surface area contributed by atoms with Crippen LogP contribution in [0, 0.1) is 0 Å². The summed E-state index contributed by atoms with van der Waals surface area (Å²) >= 11 is 0. The van der Waals surface area contributed by atoms with Gasteiger partial charge in [0.1, 0.15) is 23.7 Å². The van der Waals surface area contributed by atoms with Crippen LogP contribution in [-0.4, -0.2) is 83.8 Å². The SMILES string of the molecule is CCN(CC)C(=O)c1ccc(Cc2ccccc2OCCN2CCC3(CC2)C(=O)N=C2CCCCN23)cc1. The third kappa shape index (κ3) is 5.35. The van der Waals surface area contributed by atoms with E-state index in [9.17, 15) is 9.59 Å². The predicted octanol–water partition coefficient (Wildman–Crippen LogP) is 4.40. The highest BCUT2D eigenvalue weighted by Gasteiger charge is 2.51. The van der Waals surface area contributed by atoms with Crippen LogP contribution < -0.4 is 4.74 Å². The van der Waals surface area contributed by atoms with E-state index >= 15 is 0 Å². The fraction of sp³-hybridized carbons (Fsp3) is 0.516. The molecule has 5 rings (SSSR count). The van der Waals surface area contributed by atoms with Crippen molar-refractivity contribution in [3.63, 3.8) is 0 Å². The molecular weight excluding hydrogens is 476 g/mol. The average Bonchev–Trinajstić information content (AvgIpc) is 3.22. The topological polar surface area (TPSA) is 65.5 Å². The van der Waals surface area contributed by atoms with Crippen molar-refractivity contribution in [2.75, 3.05) is 45.9 Å². The van der Waals surface area contributed by atoms with Crippen molar-refractivity contribution in [2.24, 2.45) is 4.99 Å². The highest BCUT2D eigenvalue weighted by atomic mass is 16.5. The number of piperidine rings is 2. The number of carbonyl (C=O) groups excluding carboxylic acids is 2. The zero-order valence-corrected chi connectivity index (χ0v) is 22.8. The van der Waals surface area contributed by atoms with E-state index in [0.717, 1.165) is 93.0 Å². The van der Waals surface area contributed by atoms with Gasteiger partial charge in [-0.1, -0.05) is 30.3 Å². The molecule has 2 amide bonds. The van der Waals surface area contributed by atoms with E-state index in [0.29, 0.717) is 19.7 Å². The molecule has 202 valence electrons. The van der Waals surface area contributed by atoms with Gasteiger partial charge in [0, 0.05) is 57.7 Å². The Bertz CT molecular complexity index is 1160. The summed E-state index contributed by atoms with van der Waals surface area (Å²) < 4.78 is 6.26. The molecule has 0 aromatic heterocycles. The minimum atomic E-state index is -0.384. The van der Waals surface area contributed by atoms with E-state index in [4.69, 9.17) is 4.74 Å². The second-order valence-electron chi connectivity index (χ2n) is 10.6. The lowest BCUT2D eigenvalue weighted by molar-refractivity contribution is -0.128. The third-order valence-corrected chi connectivity index (χ3v) is 8.46. The smallest absolute Gasteiger partial charge is 0.273 e. The molecule has 2 saturated heterocycles. The molecule has 7 heteroatoms. The van der Waals surface area contributed by atoms with E-state index in [1.165, 1.54) is 0 Å². The van der Waals surface area contributed by atoms with Crippen molar-refractivity contribution in [1.82, 2.24) is 14.7 Å². The second kappa shape index (κ2) is 11.7. The van der Waals surface area contributed by atoms with Gasteiger partial charge in [-0.3, -0.25) is 14.5 Å². The van der Waals surface area contributed by atoms with Gasteiger partial charge in [0.15, 0.2) is 0 Å². The number of para-hydroxylation sites is 1. The fourth-order valence-electron chi connectivity index (χ4n) is 6.12. The quantitative estimate of drug-likeness (QED) is 0.494. The second-order valence-corrected chi connectivity index (χ2v) is 10.6. The minimum Gasteiger partial charge on any atom is -0.492 e. The molecule has 2 fully saturated rings. The van der Waals surface area contributed by atoms with Gasteiger partial charge in [0.25, 0.3) is 11.8 Å². The first-order valence-electron chi connectivity index (χ1n) is 14.2. The first kappa shape index (κ1) is 26.4. The van der Waals surface area contributed by atoms with E-state index in [1.54, 1.807) is 0 Å². The van der Waals surface area contributed by atoms with Gasteiger partial charge in [0.05, 0.1) is 0 Å². The van der Waals surface area contributed by atoms with Crippen LogP contribution >= 0.6 is 0 Å². The minimum absolute atomic E-state index is 0.0788. The molecule has 0 N–H and O–H groups in total. The molecule has 3 heterocycles. The van der Waals surface area contributed by atoms with E-state index in [2.05, 4.69) is 20.9 Å². The Morgan fingerprint density at radius 2 is 1.74 bits per heavy atom. The average molecular weight is 517 g/mol. The first-order valence-corrected chi connectivity index (χ1v) is 14.2. The fourth-order valence-corrected chi connectivity index (χ4v) is 6.12. The summed E-state index contributed by atoms with van der Waals surface area (Å²) in [7, 11) is 0. The summed E-state index contributed by atoms with van der Waals surface area (Å²) in [5.74, 6) is 2.10. The summed E-state index contributed by atoms with van der Waals surface area (Å²) in [5.41, 5.74) is 2.64. The number of aliphatic imine (C=N–C) groups is 1. The van der Waals surface area contributed by atoms with Crippen LogP contribution in [0.1, 0.15) is 67.4 Å². The Labute approximate surface area is 226 Å². The predicted molar refractivity (Wildman–Crippen MR) is 150 cm³/mol. The van der Waals surface area contributed by atoms with Crippen molar-refractivity contribution in [3.05, 3.63) is 65.2 Å². The zero-order valence-electron chi connectivity index (χ0n) is 22.8. The molecule has 3 aliphatic rings. The number of rotatable bonds is 9. The maximum absolute atomic E-state index is 12.8. The third-order valence-electron chi connectivity index (χ3n) is 8.46. The largest absolute Gasteiger partial charge is 0.492 e. The number of benzene rings is 2. The van der Waals surface area contributed by atoms with Gasteiger partial charge in [0.2, 0.25) is 0 Å². The molecular formula is C31H40N4O3. The molecule has 2 aromatic carbocycles. The Hall–Kier alpha value is -3.19. The molecule has 7 nitrogen and oxygen atoms in total. The van der Waals surface area contributed by atoms with Crippen molar-refractivity contribution < 1.29 is 14.3 Å². The van der Waals surface area contributed by atoms with Crippen molar-refractivity contribution in [2.45, 2.75) is 57.9 Å². The van der Waals surface area contributed by atoms with Crippen LogP contribution in [0.25, 0.3) is 0 Å². The summed E-state index contributed by atoms with van der Waals surface area (Å²) in [6.45, 7) is 9.66. The molecule has 0 unspecified atom stereocenters. The monoisotopic (exact) mass is 516 g/mol. The number of ether oxygens (including phenoxy) is 1. The van der Waals surface area contributed by atoms with Crippen LogP contribution in [0.5, 0.6) is 5.75 Å². The van der Waals surface area contributed by atoms with Crippen molar-refractivity contribution >= 4 is 17.6 Å². The van der Waals surface area contributed by atoms with Crippen LogP contribution in [0.3, 0.4) is 0 Å². The lowest BCUT2D eigenvalue weighted by Gasteiger charge is -2.45. The Morgan fingerprint density at radius 3 is 2.47 bits per heavy atom. The maximum Gasteiger partial charge on any atom is 0.273 e. The highest BCUT2D eigenvalue weighted by molar-refractivity contribution is 6.06. The Morgan fingerprint density at radius 1 is 1.00 bits per heavy atom. The van der Waals surface area contributed by atoms with Crippen LogP contribution in [0.4, 0.5) is 0 Å². The van der Waals surface area contributed by atoms with Crippen LogP contribution in [-0.2, 0) is 11.2 Å². The Balaban J connectivity index is 1.13. The molecule has 38 heavy (non-hydrogen) atoms. The van der Waals surface area contributed by atoms with E-state index in [-0.39, 0.29) is 17.4 Å². The Kier molecular flexibility index (Phi) is 8.12. The maximum atomic E-state index is 12.8. The molecule has 0 radical (unpaired) electrons. The normalized spacial score (nSPS) is 18.8. The van der Waals surface area contributed by atoms with E-state index in [1.807, 2.05) is 61.2 Å². The number of amidine groups is 1. The van der Waals surface area contributed by atoms with Gasteiger partial charge in [-0.05, 0) is 68.9 Å². The number of likely N-dealkylation sites (tertiary alicyclic amines) is 1. The van der Waals surface area contributed by atoms with Crippen LogP contribution in [0.2, 0.25) is 0 Å². The van der Waals surface area contributed by atoms with E-state index < -0.39 is 0 Å². The standard InChI is InChI=1S/C31H40N4O3/c1-3-34(4-2)29(36)25-14-12-24(13-15-25)23-26-9-5-6-10-27(26)38-22-21-33-19-16-31(17-20-33)30(37)32-28-11-7-8-18-35(28)31/h5-6,9-10,12-15H,3-4,7-8,11,16-23H2,1-2H3. The summed E-state index contributed by atoms with van der Waals surface area (Å²) in [6, 6.07) is 16.1. The lowest BCUT2D eigenvalue weighted by atomic mass is 9.84. The van der Waals surface area contributed by atoms with Gasteiger partial charge >= 0.3 is 0 Å². The molecule has 1 spiro atoms. The molecule has 0 aliphatic carbocycles. The number of fused-ring (bicyclic) bond motifs is 2. The number of nitrogens with zero attached hydrogens (tertiary/aromatic N) is 4. The molecule has 0 bridgehead atoms. The van der Waals surface area contributed by atoms with Crippen molar-refractivity contribution in [1.29, 1.82) is 0 Å². The van der Waals surface area contributed by atoms with Gasteiger partial charge in [-0.2, -0.15) is 4.99 Å². The molecule has 3 aliphatic heterocycles. The zero-order chi connectivity index (χ0) is 26.5.